The molecule has 1 aliphatic carbocycles. The summed E-state index contributed by atoms with van der Waals surface area (Å²) >= 11 is 0. The van der Waals surface area contributed by atoms with E-state index in [9.17, 15) is 0 Å². The second kappa shape index (κ2) is 8.97. The normalized spacial score (nSPS) is 25.3. The van der Waals surface area contributed by atoms with Gasteiger partial charge in [0.1, 0.15) is 0 Å². The van der Waals surface area contributed by atoms with Crippen molar-refractivity contribution in [1.29, 1.82) is 0 Å². The summed E-state index contributed by atoms with van der Waals surface area (Å²) in [4.78, 5) is 0. The van der Waals surface area contributed by atoms with Crippen molar-refractivity contribution in [2.24, 2.45) is 5.41 Å². The van der Waals surface area contributed by atoms with Crippen LogP contribution in [0, 0.1) is 5.41 Å². The quantitative estimate of drug-likeness (QED) is 0.556. The fourth-order valence-electron chi connectivity index (χ4n) is 3.69. The van der Waals surface area contributed by atoms with Crippen molar-refractivity contribution in [1.82, 2.24) is 5.32 Å². The summed E-state index contributed by atoms with van der Waals surface area (Å²) in [7, 11) is 2.09. The maximum Gasteiger partial charge on any atom is 0.0661 e. The zero-order valence-corrected chi connectivity index (χ0v) is 13.6. The molecule has 0 aliphatic heterocycles. The topological polar surface area (TPSA) is 21.3 Å². The van der Waals surface area contributed by atoms with Gasteiger partial charge < -0.3 is 10.1 Å². The molecule has 2 unspecified atom stereocenters. The van der Waals surface area contributed by atoms with Gasteiger partial charge in [0, 0.05) is 18.1 Å². The fraction of sp³-hybridized carbons (Fsp3) is 1.00. The Morgan fingerprint density at radius 1 is 1.00 bits per heavy atom. The summed E-state index contributed by atoms with van der Waals surface area (Å²) in [6.07, 6.45) is 12.3. The number of ether oxygens (including phenoxy) is 1. The first kappa shape index (κ1) is 17.0. The van der Waals surface area contributed by atoms with Gasteiger partial charge in [0.25, 0.3) is 0 Å². The molecule has 0 heterocycles. The minimum Gasteiger partial charge on any atom is -0.378 e. The van der Waals surface area contributed by atoms with E-state index in [-0.39, 0.29) is 0 Å². The summed E-state index contributed by atoms with van der Waals surface area (Å²) in [5.41, 5.74) is 0.400. The van der Waals surface area contributed by atoms with Crippen LogP contribution in [0.1, 0.15) is 78.6 Å². The van der Waals surface area contributed by atoms with E-state index >= 15 is 0 Å². The van der Waals surface area contributed by atoms with Gasteiger partial charge in [0.05, 0.1) is 6.10 Å². The Morgan fingerprint density at radius 3 is 2.21 bits per heavy atom. The number of hydrogen-bond acceptors (Lipinski definition) is 2. The minimum atomic E-state index is 0.400. The highest BCUT2D eigenvalue weighted by Gasteiger charge is 2.52. The second-order valence-electron chi connectivity index (χ2n) is 6.14. The lowest BCUT2D eigenvalue weighted by Crippen LogP contribution is -2.62. The summed E-state index contributed by atoms with van der Waals surface area (Å²) in [6.45, 7) is 7.87. The Bertz CT molecular complexity index is 225. The lowest BCUT2D eigenvalue weighted by atomic mass is 9.58. The van der Waals surface area contributed by atoms with Gasteiger partial charge in [-0.3, -0.25) is 0 Å². The van der Waals surface area contributed by atoms with Crippen LogP contribution in [0.4, 0.5) is 0 Å². The van der Waals surface area contributed by atoms with Crippen LogP contribution >= 0.6 is 0 Å². The Labute approximate surface area is 120 Å². The fourth-order valence-corrected chi connectivity index (χ4v) is 3.69. The molecule has 0 radical (unpaired) electrons. The highest BCUT2D eigenvalue weighted by Crippen LogP contribution is 2.48. The molecule has 1 N–H and O–H groups in total. The standard InChI is InChI=1S/C17H35NO/c1-5-8-9-10-11-12-13-19-16-14-15(18-4)17(16,6-2)7-3/h15-16,18H,5-14H2,1-4H3. The Balaban J connectivity index is 2.16. The van der Waals surface area contributed by atoms with Crippen molar-refractivity contribution >= 4 is 0 Å². The van der Waals surface area contributed by atoms with E-state index in [1.165, 1.54) is 57.8 Å². The SMILES string of the molecule is CCCCCCCCOC1CC(NC)C1(CC)CC. The number of unbranched alkanes of at least 4 members (excludes halogenated alkanes) is 5. The summed E-state index contributed by atoms with van der Waals surface area (Å²) in [6, 6.07) is 0.664. The molecule has 0 saturated heterocycles. The molecule has 2 atom stereocenters. The van der Waals surface area contributed by atoms with Gasteiger partial charge in [0.15, 0.2) is 0 Å². The molecule has 1 fully saturated rings. The van der Waals surface area contributed by atoms with Gasteiger partial charge in [-0.1, -0.05) is 52.9 Å². The Kier molecular flexibility index (Phi) is 8.01. The van der Waals surface area contributed by atoms with E-state index in [0.29, 0.717) is 17.6 Å². The zero-order valence-electron chi connectivity index (χ0n) is 13.6. The van der Waals surface area contributed by atoms with Crippen molar-refractivity contribution in [3.63, 3.8) is 0 Å². The van der Waals surface area contributed by atoms with Crippen molar-refractivity contribution in [3.8, 4) is 0 Å². The highest BCUT2D eigenvalue weighted by molar-refractivity contribution is 5.06. The lowest BCUT2D eigenvalue weighted by Gasteiger charge is -2.55. The van der Waals surface area contributed by atoms with E-state index in [4.69, 9.17) is 4.74 Å². The smallest absolute Gasteiger partial charge is 0.0661 e. The van der Waals surface area contributed by atoms with Gasteiger partial charge >= 0.3 is 0 Å². The van der Waals surface area contributed by atoms with Gasteiger partial charge in [-0.2, -0.15) is 0 Å². The third-order valence-electron chi connectivity index (χ3n) is 5.27. The molecular weight excluding hydrogens is 234 g/mol. The van der Waals surface area contributed by atoms with E-state index in [1.54, 1.807) is 0 Å². The largest absolute Gasteiger partial charge is 0.378 e. The average molecular weight is 269 g/mol. The maximum absolute atomic E-state index is 6.17. The van der Waals surface area contributed by atoms with Crippen molar-refractivity contribution < 1.29 is 4.74 Å². The molecule has 2 nitrogen and oxygen atoms in total. The summed E-state index contributed by atoms with van der Waals surface area (Å²) in [5.74, 6) is 0. The predicted octanol–water partition coefficient (Wildman–Crippen LogP) is 4.53. The molecular formula is C17H35NO. The molecule has 0 bridgehead atoms. The molecule has 0 spiro atoms. The first-order valence-electron chi connectivity index (χ1n) is 8.54. The van der Waals surface area contributed by atoms with Gasteiger partial charge in [-0.25, -0.2) is 0 Å². The molecule has 0 aromatic heterocycles. The van der Waals surface area contributed by atoms with Crippen LogP contribution in [-0.2, 0) is 4.74 Å². The van der Waals surface area contributed by atoms with Gasteiger partial charge in [-0.15, -0.1) is 0 Å². The molecule has 0 aromatic rings. The van der Waals surface area contributed by atoms with Crippen molar-refractivity contribution in [3.05, 3.63) is 0 Å². The van der Waals surface area contributed by atoms with Crippen LogP contribution in [0.3, 0.4) is 0 Å². The molecule has 1 aliphatic rings. The van der Waals surface area contributed by atoms with Crippen LogP contribution in [0.15, 0.2) is 0 Å². The summed E-state index contributed by atoms with van der Waals surface area (Å²) in [5, 5.41) is 3.47. The zero-order chi connectivity index (χ0) is 14.1. The number of rotatable bonds is 11. The van der Waals surface area contributed by atoms with Crippen LogP contribution in [-0.4, -0.2) is 25.8 Å². The number of hydrogen-bond donors (Lipinski definition) is 1. The molecule has 0 aromatic carbocycles. The monoisotopic (exact) mass is 269 g/mol. The lowest BCUT2D eigenvalue weighted by molar-refractivity contribution is -0.139. The van der Waals surface area contributed by atoms with Crippen molar-refractivity contribution in [2.45, 2.75) is 90.7 Å². The Morgan fingerprint density at radius 2 is 1.63 bits per heavy atom. The van der Waals surface area contributed by atoms with Crippen LogP contribution in [0.5, 0.6) is 0 Å². The Hall–Kier alpha value is -0.0800. The van der Waals surface area contributed by atoms with Gasteiger partial charge in [-0.05, 0) is 32.7 Å². The summed E-state index contributed by atoms with van der Waals surface area (Å²) < 4.78 is 6.17. The molecule has 19 heavy (non-hydrogen) atoms. The maximum atomic E-state index is 6.17. The van der Waals surface area contributed by atoms with E-state index in [2.05, 4.69) is 33.1 Å². The van der Waals surface area contributed by atoms with Crippen LogP contribution in [0.2, 0.25) is 0 Å². The van der Waals surface area contributed by atoms with E-state index in [1.807, 2.05) is 0 Å². The van der Waals surface area contributed by atoms with Crippen molar-refractivity contribution in [2.75, 3.05) is 13.7 Å². The van der Waals surface area contributed by atoms with Crippen LogP contribution in [0.25, 0.3) is 0 Å². The third kappa shape index (κ3) is 4.19. The highest BCUT2D eigenvalue weighted by atomic mass is 16.5. The van der Waals surface area contributed by atoms with E-state index in [0.717, 1.165) is 6.61 Å². The third-order valence-corrected chi connectivity index (χ3v) is 5.27. The predicted molar refractivity (Wildman–Crippen MR) is 83.6 cm³/mol. The molecule has 0 amide bonds. The minimum absolute atomic E-state index is 0.400. The molecule has 2 heteroatoms. The molecule has 1 saturated carbocycles. The van der Waals surface area contributed by atoms with Gasteiger partial charge in [0.2, 0.25) is 0 Å². The van der Waals surface area contributed by atoms with E-state index < -0.39 is 0 Å². The average Bonchev–Trinajstić information content (AvgIpc) is 2.42. The first-order chi connectivity index (χ1) is 9.25. The molecule has 1 rings (SSSR count). The number of nitrogens with one attached hydrogen (secondary N) is 1. The first-order valence-corrected chi connectivity index (χ1v) is 8.54. The second-order valence-corrected chi connectivity index (χ2v) is 6.14. The van der Waals surface area contributed by atoms with Crippen LogP contribution < -0.4 is 5.32 Å². The molecule has 114 valence electrons.